The summed E-state index contributed by atoms with van der Waals surface area (Å²) in [6.45, 7) is 3.34. The molecular formula is C16H25ClN2S. The highest BCUT2D eigenvalue weighted by molar-refractivity contribution is 7.99. The monoisotopic (exact) mass is 312 g/mol. The molecule has 1 saturated carbocycles. The second-order valence-corrected chi connectivity index (χ2v) is 6.98. The Bertz CT molecular complexity index is 394. The van der Waals surface area contributed by atoms with Gasteiger partial charge in [0.05, 0.1) is 5.02 Å². The van der Waals surface area contributed by atoms with Gasteiger partial charge in [0, 0.05) is 18.0 Å². The fourth-order valence-electron chi connectivity index (χ4n) is 2.87. The summed E-state index contributed by atoms with van der Waals surface area (Å²) in [6.07, 6.45) is 9.96. The first-order chi connectivity index (χ1) is 9.81. The number of nitrogens with one attached hydrogen (secondary N) is 1. The molecule has 1 N–H and O–H groups in total. The van der Waals surface area contributed by atoms with Gasteiger partial charge in [0.2, 0.25) is 0 Å². The first kappa shape index (κ1) is 16.1. The van der Waals surface area contributed by atoms with Gasteiger partial charge in [0.1, 0.15) is 5.03 Å². The van der Waals surface area contributed by atoms with Crippen molar-refractivity contribution in [2.24, 2.45) is 5.92 Å². The predicted octanol–water partition coefficient (Wildman–Crippen LogP) is 4.78. The van der Waals surface area contributed by atoms with Crippen molar-refractivity contribution >= 4 is 23.4 Å². The number of nitrogens with zero attached hydrogens (tertiary/aromatic N) is 1. The lowest BCUT2D eigenvalue weighted by atomic mass is 9.84. The van der Waals surface area contributed by atoms with Crippen LogP contribution in [-0.4, -0.2) is 23.3 Å². The summed E-state index contributed by atoms with van der Waals surface area (Å²) < 4.78 is 0. The number of aromatic nitrogens is 1. The third-order valence-corrected chi connectivity index (χ3v) is 5.54. The Morgan fingerprint density at radius 2 is 2.20 bits per heavy atom. The van der Waals surface area contributed by atoms with Crippen molar-refractivity contribution in [2.75, 3.05) is 12.3 Å². The van der Waals surface area contributed by atoms with Gasteiger partial charge in [-0.25, -0.2) is 4.98 Å². The fraction of sp³-hybridized carbons (Fsp3) is 0.688. The van der Waals surface area contributed by atoms with Crippen molar-refractivity contribution in [3.63, 3.8) is 0 Å². The van der Waals surface area contributed by atoms with Crippen LogP contribution < -0.4 is 5.32 Å². The van der Waals surface area contributed by atoms with E-state index in [-0.39, 0.29) is 0 Å². The minimum atomic E-state index is 0.596. The molecule has 1 aromatic rings. The lowest BCUT2D eigenvalue weighted by molar-refractivity contribution is 0.285. The zero-order valence-corrected chi connectivity index (χ0v) is 13.8. The standard InChI is InChI=1S/C16H25ClN2S/c1-2-10-18-15(13-7-4-3-5-8-13)12-20-16-14(17)9-6-11-19-16/h6,9,11,13,15,18H,2-5,7-8,10,12H2,1H3. The molecule has 0 bridgehead atoms. The van der Waals surface area contributed by atoms with Gasteiger partial charge in [-0.05, 0) is 43.9 Å². The highest BCUT2D eigenvalue weighted by Gasteiger charge is 2.23. The van der Waals surface area contributed by atoms with E-state index in [1.807, 2.05) is 18.3 Å². The first-order valence-corrected chi connectivity index (χ1v) is 9.14. The third-order valence-electron chi connectivity index (χ3n) is 4.00. The molecule has 0 aliphatic heterocycles. The lowest BCUT2D eigenvalue weighted by Crippen LogP contribution is -2.39. The molecule has 0 spiro atoms. The van der Waals surface area contributed by atoms with E-state index in [0.717, 1.165) is 28.3 Å². The average Bonchev–Trinajstić information content (AvgIpc) is 2.50. The van der Waals surface area contributed by atoms with Crippen LogP contribution in [0, 0.1) is 5.92 Å². The quantitative estimate of drug-likeness (QED) is 0.734. The van der Waals surface area contributed by atoms with Crippen LogP contribution >= 0.6 is 23.4 Å². The zero-order chi connectivity index (χ0) is 14.2. The molecule has 1 fully saturated rings. The van der Waals surface area contributed by atoms with Crippen LogP contribution in [0.4, 0.5) is 0 Å². The Labute approximate surface area is 132 Å². The van der Waals surface area contributed by atoms with Crippen LogP contribution in [-0.2, 0) is 0 Å². The molecule has 4 heteroatoms. The van der Waals surface area contributed by atoms with E-state index in [1.54, 1.807) is 11.8 Å². The van der Waals surface area contributed by atoms with Gasteiger partial charge >= 0.3 is 0 Å². The number of pyridine rings is 1. The van der Waals surface area contributed by atoms with Crippen LogP contribution in [0.1, 0.15) is 45.4 Å². The van der Waals surface area contributed by atoms with Crippen LogP contribution in [0.2, 0.25) is 5.02 Å². The molecule has 0 radical (unpaired) electrons. The maximum absolute atomic E-state index is 6.19. The predicted molar refractivity (Wildman–Crippen MR) is 88.6 cm³/mol. The highest BCUT2D eigenvalue weighted by atomic mass is 35.5. The molecule has 0 saturated heterocycles. The van der Waals surface area contributed by atoms with E-state index < -0.39 is 0 Å². The van der Waals surface area contributed by atoms with Crippen molar-refractivity contribution < 1.29 is 0 Å². The number of hydrogen-bond donors (Lipinski definition) is 1. The van der Waals surface area contributed by atoms with Gasteiger partial charge in [0.15, 0.2) is 0 Å². The summed E-state index contributed by atoms with van der Waals surface area (Å²) in [5.41, 5.74) is 0. The van der Waals surface area contributed by atoms with Crippen molar-refractivity contribution in [3.8, 4) is 0 Å². The maximum Gasteiger partial charge on any atom is 0.115 e. The minimum absolute atomic E-state index is 0.596. The van der Waals surface area contributed by atoms with Crippen LogP contribution in [0.15, 0.2) is 23.4 Å². The van der Waals surface area contributed by atoms with Gasteiger partial charge in [-0.3, -0.25) is 0 Å². The van der Waals surface area contributed by atoms with E-state index in [0.29, 0.717) is 6.04 Å². The van der Waals surface area contributed by atoms with E-state index in [1.165, 1.54) is 38.5 Å². The first-order valence-electron chi connectivity index (χ1n) is 7.78. The summed E-state index contributed by atoms with van der Waals surface area (Å²) in [4.78, 5) is 4.38. The lowest BCUT2D eigenvalue weighted by Gasteiger charge is -2.31. The molecule has 1 aromatic heterocycles. The van der Waals surface area contributed by atoms with Crippen LogP contribution in [0.3, 0.4) is 0 Å². The molecule has 1 aliphatic carbocycles. The highest BCUT2D eigenvalue weighted by Crippen LogP contribution is 2.31. The maximum atomic E-state index is 6.19. The molecule has 1 aliphatic rings. The second-order valence-electron chi connectivity index (χ2n) is 5.56. The molecule has 2 nitrogen and oxygen atoms in total. The Kier molecular flexibility index (Phi) is 7.18. The van der Waals surface area contributed by atoms with Crippen molar-refractivity contribution in [1.82, 2.24) is 10.3 Å². The van der Waals surface area contributed by atoms with Crippen molar-refractivity contribution in [1.29, 1.82) is 0 Å². The Hall–Kier alpha value is -0.250. The summed E-state index contributed by atoms with van der Waals surface area (Å²) in [7, 11) is 0. The zero-order valence-electron chi connectivity index (χ0n) is 12.3. The summed E-state index contributed by atoms with van der Waals surface area (Å²) in [5, 5.41) is 5.48. The summed E-state index contributed by atoms with van der Waals surface area (Å²) >= 11 is 7.99. The molecular weight excluding hydrogens is 288 g/mol. The fourth-order valence-corrected chi connectivity index (χ4v) is 4.23. The second kappa shape index (κ2) is 8.91. The Morgan fingerprint density at radius 1 is 1.40 bits per heavy atom. The van der Waals surface area contributed by atoms with Gasteiger partial charge in [-0.15, -0.1) is 11.8 Å². The molecule has 1 heterocycles. The Morgan fingerprint density at radius 3 is 2.90 bits per heavy atom. The Balaban J connectivity index is 1.91. The molecule has 0 amide bonds. The average molecular weight is 313 g/mol. The molecule has 1 unspecified atom stereocenters. The van der Waals surface area contributed by atoms with Gasteiger partial charge in [0.25, 0.3) is 0 Å². The summed E-state index contributed by atoms with van der Waals surface area (Å²) in [6, 6.07) is 4.41. The number of thioether (sulfide) groups is 1. The smallest absolute Gasteiger partial charge is 0.115 e. The van der Waals surface area contributed by atoms with Crippen LogP contribution in [0.25, 0.3) is 0 Å². The summed E-state index contributed by atoms with van der Waals surface area (Å²) in [5.74, 6) is 1.90. The molecule has 20 heavy (non-hydrogen) atoms. The third kappa shape index (κ3) is 4.94. The van der Waals surface area contributed by atoms with Crippen molar-refractivity contribution in [3.05, 3.63) is 23.4 Å². The van der Waals surface area contributed by atoms with Gasteiger partial charge in [-0.2, -0.15) is 0 Å². The van der Waals surface area contributed by atoms with Gasteiger partial charge in [-0.1, -0.05) is 37.8 Å². The number of rotatable bonds is 7. The van der Waals surface area contributed by atoms with E-state index in [9.17, 15) is 0 Å². The van der Waals surface area contributed by atoms with Crippen LogP contribution in [0.5, 0.6) is 0 Å². The molecule has 1 atom stereocenters. The number of halogens is 1. The normalized spacial score (nSPS) is 18.1. The molecule has 2 rings (SSSR count). The van der Waals surface area contributed by atoms with Gasteiger partial charge < -0.3 is 5.32 Å². The van der Waals surface area contributed by atoms with Crippen molar-refractivity contribution in [2.45, 2.75) is 56.5 Å². The number of hydrogen-bond acceptors (Lipinski definition) is 3. The minimum Gasteiger partial charge on any atom is -0.313 e. The van der Waals surface area contributed by atoms with E-state index >= 15 is 0 Å². The topological polar surface area (TPSA) is 24.9 Å². The SMILES string of the molecule is CCCNC(CSc1ncccc1Cl)C1CCCCC1. The largest absolute Gasteiger partial charge is 0.313 e. The van der Waals surface area contributed by atoms with E-state index in [4.69, 9.17) is 11.6 Å². The molecule has 112 valence electrons. The van der Waals surface area contributed by atoms with E-state index in [2.05, 4.69) is 17.2 Å². The molecule has 0 aromatic carbocycles.